The fourth-order valence-corrected chi connectivity index (χ4v) is 3.03. The molecule has 0 saturated heterocycles. The van der Waals surface area contributed by atoms with E-state index in [2.05, 4.69) is 15.3 Å². The Kier molecular flexibility index (Phi) is 7.43. The molecule has 0 saturated carbocycles. The van der Waals surface area contributed by atoms with Crippen molar-refractivity contribution >= 4 is 84.6 Å². The summed E-state index contributed by atoms with van der Waals surface area (Å²) in [5.41, 5.74) is 0.438. The molecule has 146 valence electrons. The molecule has 3 rings (SSSR count). The molecule has 0 spiro atoms. The van der Waals surface area contributed by atoms with Crippen molar-refractivity contribution in [2.24, 2.45) is 15.3 Å². The number of carboxylic acids is 1. The number of carboxylic acid groups (broad SMARTS) is 1. The van der Waals surface area contributed by atoms with Gasteiger partial charge in [0.25, 0.3) is 16.0 Å². The zero-order valence-corrected chi connectivity index (χ0v) is 19.4. The van der Waals surface area contributed by atoms with E-state index in [0.29, 0.717) is 5.71 Å². The number of carbonyl (C=O) groups is 2. The molecule has 0 fully saturated rings. The molecule has 2 radical (unpaired) electrons. The number of hydrogen-bond donors (Lipinski definition) is 2. The first-order chi connectivity index (χ1) is 13.2. The Hall–Kier alpha value is -1.96. The van der Waals surface area contributed by atoms with Crippen LogP contribution < -0.4 is 5.01 Å². The van der Waals surface area contributed by atoms with Gasteiger partial charge in [0.1, 0.15) is 0 Å². The predicted octanol–water partition coefficient (Wildman–Crippen LogP) is 2.13. The molecule has 10 nitrogen and oxygen atoms in total. The third-order valence-electron chi connectivity index (χ3n) is 3.87. The number of amides is 1. The topological polar surface area (TPSA) is 149 Å². The van der Waals surface area contributed by atoms with Crippen LogP contribution in [0.15, 0.2) is 68.8 Å². The van der Waals surface area contributed by atoms with Gasteiger partial charge in [0, 0.05) is 45.5 Å². The van der Waals surface area contributed by atoms with E-state index >= 15 is 0 Å². The van der Waals surface area contributed by atoms with Crippen LogP contribution in [0.5, 0.6) is 0 Å². The number of carbonyl (C=O) groups excluding carboxylic acids is 1. The van der Waals surface area contributed by atoms with Crippen molar-refractivity contribution in [2.45, 2.75) is 17.9 Å². The van der Waals surface area contributed by atoms with Gasteiger partial charge in [-0.2, -0.15) is 28.8 Å². The second kappa shape index (κ2) is 9.24. The first-order valence-electron chi connectivity index (χ1n) is 7.88. The summed E-state index contributed by atoms with van der Waals surface area (Å²) in [6.45, 7) is 1.54. The van der Waals surface area contributed by atoms with E-state index in [-0.39, 0.29) is 67.3 Å². The third kappa shape index (κ3) is 5.15. The van der Waals surface area contributed by atoms with E-state index in [4.69, 9.17) is 4.55 Å². The Bertz CT molecular complexity index is 1130. The van der Waals surface area contributed by atoms with Crippen LogP contribution in [-0.2, 0) is 14.9 Å². The number of nitrogens with zero attached hydrogens (tertiary/aromatic N) is 4. The molecule has 12 heteroatoms. The molecule has 2 aromatic carbocycles. The Morgan fingerprint density at radius 2 is 1.86 bits per heavy atom. The monoisotopic (exact) mass is 490 g/mol. The van der Waals surface area contributed by atoms with E-state index in [1.165, 1.54) is 37.3 Å². The van der Waals surface area contributed by atoms with Crippen molar-refractivity contribution < 1.29 is 27.7 Å². The van der Waals surface area contributed by atoms with E-state index in [0.717, 1.165) is 11.1 Å². The van der Waals surface area contributed by atoms with E-state index in [1.807, 2.05) is 0 Å². The minimum Gasteiger partial charge on any atom is -0.478 e. The van der Waals surface area contributed by atoms with Gasteiger partial charge in [-0.25, -0.2) is 4.79 Å². The smallest absolute Gasteiger partial charge is 0.337 e. The molecule has 29 heavy (non-hydrogen) atoms. The molecule has 1 aliphatic rings. The van der Waals surface area contributed by atoms with Gasteiger partial charge in [0.15, 0.2) is 6.04 Å². The van der Waals surface area contributed by atoms with Crippen LogP contribution in [0.2, 0.25) is 0 Å². The standard InChI is InChI=1S/C17H14N4O6S.Sr/c1-10-15(19-18-14-8-3-2-7-13(14)17(23)24)16(22)21(20-10)11-5-4-6-12(9-11)28(25,26)27;/h2-9,15H,1H3,(H,23,24)(H,25,26,27);. The average Bonchev–Trinajstić information content (AvgIpc) is 2.93. The summed E-state index contributed by atoms with van der Waals surface area (Å²) in [5.74, 6) is -1.78. The molecule has 0 bridgehead atoms. The van der Waals surface area contributed by atoms with Crippen LogP contribution in [0.4, 0.5) is 11.4 Å². The van der Waals surface area contributed by atoms with Gasteiger partial charge in [-0.15, -0.1) is 0 Å². The maximum absolute atomic E-state index is 12.6. The molecule has 2 aromatic rings. The van der Waals surface area contributed by atoms with Gasteiger partial charge in [-0.3, -0.25) is 9.35 Å². The summed E-state index contributed by atoms with van der Waals surface area (Å²) in [4.78, 5) is 23.5. The van der Waals surface area contributed by atoms with Gasteiger partial charge in [0.2, 0.25) is 0 Å². The zero-order valence-electron chi connectivity index (χ0n) is 15.1. The molecule has 0 aliphatic carbocycles. The van der Waals surface area contributed by atoms with Gasteiger partial charge < -0.3 is 5.11 Å². The third-order valence-corrected chi connectivity index (χ3v) is 4.72. The van der Waals surface area contributed by atoms with Crippen molar-refractivity contribution in [1.82, 2.24) is 0 Å². The molecule has 1 atom stereocenters. The van der Waals surface area contributed by atoms with E-state index in [1.54, 1.807) is 12.1 Å². The molecule has 0 aromatic heterocycles. The van der Waals surface area contributed by atoms with Crippen LogP contribution in [0, 0.1) is 0 Å². The van der Waals surface area contributed by atoms with Crippen LogP contribution in [0.1, 0.15) is 17.3 Å². The second-order valence-electron chi connectivity index (χ2n) is 5.80. The van der Waals surface area contributed by atoms with Gasteiger partial charge >= 0.3 is 5.97 Å². The van der Waals surface area contributed by atoms with Crippen LogP contribution in [-0.4, -0.2) is 87.2 Å². The van der Waals surface area contributed by atoms with Crippen molar-refractivity contribution in [2.75, 3.05) is 5.01 Å². The Balaban J connectivity index is 0.00000300. The minimum atomic E-state index is -4.44. The summed E-state index contributed by atoms with van der Waals surface area (Å²) in [5, 5.41) is 22.0. The Morgan fingerprint density at radius 1 is 1.17 bits per heavy atom. The normalized spacial score (nSPS) is 16.6. The molecular formula is C17H14N4O6SSr. The quantitative estimate of drug-likeness (QED) is 0.373. The Morgan fingerprint density at radius 3 is 2.52 bits per heavy atom. The van der Waals surface area contributed by atoms with Crippen LogP contribution >= 0.6 is 0 Å². The van der Waals surface area contributed by atoms with Crippen molar-refractivity contribution in [1.29, 1.82) is 0 Å². The zero-order chi connectivity index (χ0) is 20.5. The number of benzene rings is 2. The number of hydrazone groups is 1. The maximum atomic E-state index is 12.6. The minimum absolute atomic E-state index is 0. The fraction of sp³-hybridized carbons (Fsp3) is 0.118. The summed E-state index contributed by atoms with van der Waals surface area (Å²) >= 11 is 0. The van der Waals surface area contributed by atoms with Crippen molar-refractivity contribution in [3.63, 3.8) is 0 Å². The van der Waals surface area contributed by atoms with Gasteiger partial charge in [0.05, 0.1) is 27.5 Å². The van der Waals surface area contributed by atoms with E-state index < -0.39 is 28.0 Å². The second-order valence-corrected chi connectivity index (χ2v) is 7.23. The number of anilines is 1. The summed E-state index contributed by atoms with van der Waals surface area (Å²) in [6, 6.07) is 9.94. The average molecular weight is 490 g/mol. The number of rotatable bonds is 5. The first-order valence-corrected chi connectivity index (χ1v) is 9.32. The van der Waals surface area contributed by atoms with Gasteiger partial charge in [-0.1, -0.05) is 18.2 Å². The molecule has 1 amide bonds. The number of azo groups is 1. The molecule has 1 aliphatic heterocycles. The predicted molar refractivity (Wildman–Crippen MR) is 104 cm³/mol. The van der Waals surface area contributed by atoms with Crippen LogP contribution in [0.25, 0.3) is 0 Å². The maximum Gasteiger partial charge on any atom is 0.337 e. The molecule has 1 unspecified atom stereocenters. The summed E-state index contributed by atoms with van der Waals surface area (Å²) in [6.07, 6.45) is 0. The molecule has 1 heterocycles. The Labute approximate surface area is 203 Å². The summed E-state index contributed by atoms with van der Waals surface area (Å²) in [7, 11) is -4.44. The SMILES string of the molecule is CC1=NN(c2cccc(S(=O)(=O)O)c2)C(=O)C1N=Nc1ccccc1C(=O)O.[Sr]. The van der Waals surface area contributed by atoms with Crippen molar-refractivity contribution in [3.8, 4) is 0 Å². The fourth-order valence-electron chi connectivity index (χ4n) is 2.51. The van der Waals surface area contributed by atoms with Gasteiger partial charge in [-0.05, 0) is 37.3 Å². The van der Waals surface area contributed by atoms with Crippen molar-refractivity contribution in [3.05, 3.63) is 54.1 Å². The first kappa shape index (κ1) is 23.3. The van der Waals surface area contributed by atoms with Crippen LogP contribution in [0.3, 0.4) is 0 Å². The van der Waals surface area contributed by atoms with E-state index in [9.17, 15) is 23.1 Å². The number of aromatic carboxylic acids is 1. The summed E-state index contributed by atoms with van der Waals surface area (Å²) < 4.78 is 31.7. The number of hydrogen-bond acceptors (Lipinski definition) is 7. The molecule has 2 N–H and O–H groups in total. The molecular weight excluding hydrogens is 476 g/mol. The largest absolute Gasteiger partial charge is 0.478 e.